The molecule has 0 bridgehead atoms. The lowest BCUT2D eigenvalue weighted by atomic mass is 9.89. The SMILES string of the molecule is C=Cc1cncc(C2=CC3CCNCC3C2)c1. The van der Waals surface area contributed by atoms with Gasteiger partial charge in [0.15, 0.2) is 0 Å². The molecule has 1 aliphatic carbocycles. The molecule has 2 nitrogen and oxygen atoms in total. The predicted octanol–water partition coefficient (Wildman–Crippen LogP) is 2.74. The molecule has 2 atom stereocenters. The smallest absolute Gasteiger partial charge is 0.0343 e. The van der Waals surface area contributed by atoms with Crippen LogP contribution in [0.1, 0.15) is 24.0 Å². The molecule has 1 fully saturated rings. The van der Waals surface area contributed by atoms with Gasteiger partial charge in [0.05, 0.1) is 0 Å². The first kappa shape index (κ1) is 10.7. The van der Waals surface area contributed by atoms with Gasteiger partial charge >= 0.3 is 0 Å². The number of pyridine rings is 1. The lowest BCUT2D eigenvalue weighted by Gasteiger charge is -2.25. The van der Waals surface area contributed by atoms with Gasteiger partial charge < -0.3 is 5.32 Å². The number of nitrogens with one attached hydrogen (secondary N) is 1. The van der Waals surface area contributed by atoms with E-state index in [9.17, 15) is 0 Å². The van der Waals surface area contributed by atoms with Gasteiger partial charge in [0.2, 0.25) is 0 Å². The minimum atomic E-state index is 0.777. The molecule has 1 aromatic rings. The van der Waals surface area contributed by atoms with Gasteiger partial charge in [-0.3, -0.25) is 4.98 Å². The van der Waals surface area contributed by atoms with Crippen LogP contribution in [0.25, 0.3) is 11.6 Å². The third-order valence-corrected chi connectivity index (χ3v) is 3.93. The number of rotatable bonds is 2. The van der Waals surface area contributed by atoms with E-state index in [0.29, 0.717) is 0 Å². The van der Waals surface area contributed by atoms with Crippen LogP contribution in [-0.4, -0.2) is 18.1 Å². The third kappa shape index (κ3) is 2.05. The predicted molar refractivity (Wildman–Crippen MR) is 71.4 cm³/mol. The van der Waals surface area contributed by atoms with Gasteiger partial charge in [0.25, 0.3) is 0 Å². The summed E-state index contributed by atoms with van der Waals surface area (Å²) in [6, 6.07) is 2.19. The fraction of sp³-hybridized carbons (Fsp3) is 0.400. The van der Waals surface area contributed by atoms with Crippen LogP contribution in [0.5, 0.6) is 0 Å². The molecule has 2 heterocycles. The molecule has 1 aromatic heterocycles. The van der Waals surface area contributed by atoms with Crippen LogP contribution in [0.15, 0.2) is 31.1 Å². The highest BCUT2D eigenvalue weighted by Gasteiger charge is 2.29. The maximum absolute atomic E-state index is 4.29. The van der Waals surface area contributed by atoms with Gasteiger partial charge in [-0.1, -0.05) is 18.7 Å². The number of hydrogen-bond donors (Lipinski definition) is 1. The molecule has 1 aliphatic heterocycles. The van der Waals surface area contributed by atoms with E-state index >= 15 is 0 Å². The Bertz CT molecular complexity index is 462. The Morgan fingerprint density at radius 1 is 1.41 bits per heavy atom. The van der Waals surface area contributed by atoms with Crippen molar-refractivity contribution in [1.82, 2.24) is 10.3 Å². The van der Waals surface area contributed by atoms with E-state index in [2.05, 4.69) is 29.0 Å². The van der Waals surface area contributed by atoms with Crippen molar-refractivity contribution in [2.75, 3.05) is 13.1 Å². The molecule has 0 spiro atoms. The summed E-state index contributed by atoms with van der Waals surface area (Å²) in [5.74, 6) is 1.57. The van der Waals surface area contributed by atoms with Crippen molar-refractivity contribution in [2.24, 2.45) is 11.8 Å². The van der Waals surface area contributed by atoms with E-state index in [0.717, 1.165) is 23.9 Å². The minimum absolute atomic E-state index is 0.777. The van der Waals surface area contributed by atoms with E-state index in [-0.39, 0.29) is 0 Å². The summed E-state index contributed by atoms with van der Waals surface area (Å²) in [5.41, 5.74) is 3.85. The van der Waals surface area contributed by atoms with Crippen LogP contribution in [0.2, 0.25) is 0 Å². The molecule has 2 unspecified atom stereocenters. The zero-order valence-electron chi connectivity index (χ0n) is 10.0. The van der Waals surface area contributed by atoms with Gasteiger partial charge in [0.1, 0.15) is 0 Å². The number of fused-ring (bicyclic) bond motifs is 1. The second-order valence-electron chi connectivity index (χ2n) is 5.02. The van der Waals surface area contributed by atoms with Crippen molar-refractivity contribution in [3.8, 4) is 0 Å². The second-order valence-corrected chi connectivity index (χ2v) is 5.02. The monoisotopic (exact) mass is 226 g/mol. The molecule has 17 heavy (non-hydrogen) atoms. The summed E-state index contributed by atoms with van der Waals surface area (Å²) in [6.45, 7) is 6.13. The van der Waals surface area contributed by atoms with Crippen LogP contribution in [-0.2, 0) is 0 Å². The zero-order chi connectivity index (χ0) is 11.7. The highest BCUT2D eigenvalue weighted by molar-refractivity contribution is 5.69. The lowest BCUT2D eigenvalue weighted by molar-refractivity contribution is 0.324. The first-order chi connectivity index (χ1) is 8.36. The van der Waals surface area contributed by atoms with Crippen LogP contribution >= 0.6 is 0 Å². The molecule has 0 radical (unpaired) electrons. The first-order valence-corrected chi connectivity index (χ1v) is 6.36. The Kier molecular flexibility index (Phi) is 2.81. The molecule has 0 amide bonds. The van der Waals surface area contributed by atoms with Crippen LogP contribution in [0, 0.1) is 11.8 Å². The Morgan fingerprint density at radius 3 is 3.18 bits per heavy atom. The van der Waals surface area contributed by atoms with E-state index in [1.165, 1.54) is 30.5 Å². The number of aromatic nitrogens is 1. The summed E-state index contributed by atoms with van der Waals surface area (Å²) in [7, 11) is 0. The van der Waals surface area contributed by atoms with Crippen LogP contribution < -0.4 is 5.32 Å². The standard InChI is InChI=1S/C15H18N2/c1-2-11-5-14(10-17-8-11)13-6-12-3-4-16-9-15(12)7-13/h2,5-6,8,10,12,15-16H,1,3-4,7,9H2. The van der Waals surface area contributed by atoms with E-state index in [1.807, 2.05) is 18.5 Å². The molecular weight excluding hydrogens is 208 g/mol. The topological polar surface area (TPSA) is 24.9 Å². The number of hydrogen-bond acceptors (Lipinski definition) is 2. The van der Waals surface area contributed by atoms with Crippen LogP contribution in [0.3, 0.4) is 0 Å². The first-order valence-electron chi connectivity index (χ1n) is 6.36. The Morgan fingerprint density at radius 2 is 2.35 bits per heavy atom. The van der Waals surface area contributed by atoms with Crippen LogP contribution in [0.4, 0.5) is 0 Å². The fourth-order valence-electron chi connectivity index (χ4n) is 2.95. The highest BCUT2D eigenvalue weighted by Crippen LogP contribution is 2.38. The van der Waals surface area contributed by atoms with Crippen molar-refractivity contribution in [3.63, 3.8) is 0 Å². The van der Waals surface area contributed by atoms with Crippen molar-refractivity contribution in [1.29, 1.82) is 0 Å². The zero-order valence-corrected chi connectivity index (χ0v) is 10.0. The molecule has 1 saturated heterocycles. The molecule has 3 rings (SSSR count). The lowest BCUT2D eigenvalue weighted by Crippen LogP contribution is -2.33. The quantitative estimate of drug-likeness (QED) is 0.838. The number of piperidine rings is 1. The van der Waals surface area contributed by atoms with E-state index < -0.39 is 0 Å². The van der Waals surface area contributed by atoms with Crippen molar-refractivity contribution >= 4 is 11.6 Å². The minimum Gasteiger partial charge on any atom is -0.316 e. The number of nitrogens with zero attached hydrogens (tertiary/aromatic N) is 1. The normalized spacial score (nSPS) is 27.4. The Balaban J connectivity index is 1.87. The van der Waals surface area contributed by atoms with E-state index in [1.54, 1.807) is 0 Å². The highest BCUT2D eigenvalue weighted by atomic mass is 14.9. The summed E-state index contributed by atoms with van der Waals surface area (Å²) in [4.78, 5) is 4.29. The fourth-order valence-corrected chi connectivity index (χ4v) is 2.95. The molecule has 2 heteroatoms. The maximum atomic E-state index is 4.29. The Hall–Kier alpha value is -1.41. The molecule has 0 aromatic carbocycles. The van der Waals surface area contributed by atoms with E-state index in [4.69, 9.17) is 0 Å². The Labute approximate surface area is 102 Å². The summed E-state index contributed by atoms with van der Waals surface area (Å²) >= 11 is 0. The molecule has 2 aliphatic rings. The largest absolute Gasteiger partial charge is 0.316 e. The molecular formula is C15H18N2. The average Bonchev–Trinajstić information content (AvgIpc) is 2.82. The third-order valence-electron chi connectivity index (χ3n) is 3.93. The second kappa shape index (κ2) is 4.46. The van der Waals surface area contributed by atoms with Crippen molar-refractivity contribution < 1.29 is 0 Å². The van der Waals surface area contributed by atoms with Crippen molar-refractivity contribution in [3.05, 3.63) is 42.2 Å². The molecule has 1 N–H and O–H groups in total. The molecule has 0 saturated carbocycles. The van der Waals surface area contributed by atoms with Gasteiger partial charge in [-0.2, -0.15) is 0 Å². The summed E-state index contributed by atoms with van der Waals surface area (Å²) in [6.07, 6.45) is 10.6. The van der Waals surface area contributed by atoms with Gasteiger partial charge in [0, 0.05) is 12.4 Å². The number of allylic oxidation sites excluding steroid dienone is 2. The summed E-state index contributed by atoms with van der Waals surface area (Å²) < 4.78 is 0. The van der Waals surface area contributed by atoms with Crippen molar-refractivity contribution in [2.45, 2.75) is 12.8 Å². The van der Waals surface area contributed by atoms with Gasteiger partial charge in [-0.05, 0) is 60.5 Å². The molecule has 88 valence electrons. The maximum Gasteiger partial charge on any atom is 0.0343 e. The van der Waals surface area contributed by atoms with Gasteiger partial charge in [-0.25, -0.2) is 0 Å². The summed E-state index contributed by atoms with van der Waals surface area (Å²) in [5, 5.41) is 3.49. The average molecular weight is 226 g/mol. The van der Waals surface area contributed by atoms with Gasteiger partial charge in [-0.15, -0.1) is 0 Å².